The van der Waals surface area contributed by atoms with Gasteiger partial charge in [-0.3, -0.25) is 19.2 Å². The van der Waals surface area contributed by atoms with Gasteiger partial charge in [-0.15, -0.1) is 0 Å². The topological polar surface area (TPSA) is 86.8 Å². The van der Waals surface area contributed by atoms with E-state index in [1.165, 1.54) is 24.0 Å². The van der Waals surface area contributed by atoms with Gasteiger partial charge in [0.1, 0.15) is 11.9 Å². The number of carbonyl (C=O) groups is 4. The maximum atomic E-state index is 13.5. The Labute approximate surface area is 202 Å². The Morgan fingerprint density at radius 1 is 1.03 bits per heavy atom. The Morgan fingerprint density at radius 2 is 1.71 bits per heavy atom. The van der Waals surface area contributed by atoms with Crippen LogP contribution < -0.4 is 10.2 Å². The number of hydrogen-bond donors (Lipinski definition) is 1. The van der Waals surface area contributed by atoms with Crippen molar-refractivity contribution in [1.82, 2.24) is 4.90 Å². The first-order chi connectivity index (χ1) is 16.7. The highest BCUT2D eigenvalue weighted by molar-refractivity contribution is 6.23. The summed E-state index contributed by atoms with van der Waals surface area (Å²) in [6, 6.07) is 18.0. The van der Waals surface area contributed by atoms with Crippen LogP contribution in [0.1, 0.15) is 34.8 Å². The van der Waals surface area contributed by atoms with Crippen LogP contribution in [0.2, 0.25) is 0 Å². The number of imide groups is 1. The summed E-state index contributed by atoms with van der Waals surface area (Å²) in [5, 5.41) is 2.63. The van der Waals surface area contributed by atoms with E-state index in [2.05, 4.69) is 5.32 Å². The van der Waals surface area contributed by atoms with Crippen LogP contribution in [0.3, 0.4) is 0 Å². The monoisotopic (exact) mass is 473 g/mol. The van der Waals surface area contributed by atoms with Crippen molar-refractivity contribution < 1.29 is 23.6 Å². The quantitative estimate of drug-likeness (QED) is 0.547. The van der Waals surface area contributed by atoms with Crippen LogP contribution in [-0.2, 0) is 20.9 Å². The number of hydrogen-bond acceptors (Lipinski definition) is 4. The van der Waals surface area contributed by atoms with Gasteiger partial charge in [0.05, 0.1) is 12.1 Å². The molecular weight excluding hydrogens is 449 g/mol. The van der Waals surface area contributed by atoms with E-state index in [-0.39, 0.29) is 18.9 Å². The number of nitrogens with zero attached hydrogens (tertiary/aromatic N) is 2. The first kappa shape index (κ1) is 23.8. The van der Waals surface area contributed by atoms with Gasteiger partial charge in [0.25, 0.3) is 11.8 Å². The number of aryl methyl sites for hydroxylation is 1. The lowest BCUT2D eigenvalue weighted by Crippen LogP contribution is -2.45. The van der Waals surface area contributed by atoms with Crippen LogP contribution in [0.25, 0.3) is 0 Å². The second kappa shape index (κ2) is 9.89. The summed E-state index contributed by atoms with van der Waals surface area (Å²) in [6.45, 7) is 3.27. The van der Waals surface area contributed by atoms with Crippen molar-refractivity contribution in [2.75, 3.05) is 10.2 Å². The molecule has 1 atom stereocenters. The van der Waals surface area contributed by atoms with Crippen molar-refractivity contribution in [3.8, 4) is 0 Å². The first-order valence-electron chi connectivity index (χ1n) is 11.1. The number of anilines is 2. The average Bonchev–Trinajstić information content (AvgIpc) is 3.12. The highest BCUT2D eigenvalue weighted by Crippen LogP contribution is 2.29. The van der Waals surface area contributed by atoms with Gasteiger partial charge >= 0.3 is 0 Å². The summed E-state index contributed by atoms with van der Waals surface area (Å²) in [6.07, 6.45) is -0.176. The molecule has 1 saturated heterocycles. The van der Waals surface area contributed by atoms with Gasteiger partial charge in [-0.05, 0) is 61.0 Å². The third kappa shape index (κ3) is 5.27. The molecule has 1 heterocycles. The minimum absolute atomic E-state index is 0.0338. The summed E-state index contributed by atoms with van der Waals surface area (Å²) in [5.41, 5.74) is 2.79. The lowest BCUT2D eigenvalue weighted by Gasteiger charge is -2.28. The Hall–Kier alpha value is -4.33. The van der Waals surface area contributed by atoms with Gasteiger partial charge in [0.15, 0.2) is 0 Å². The summed E-state index contributed by atoms with van der Waals surface area (Å²) in [5.74, 6) is -2.01. The molecule has 0 spiro atoms. The van der Waals surface area contributed by atoms with Crippen LogP contribution in [-0.4, -0.2) is 34.6 Å². The van der Waals surface area contributed by atoms with E-state index < -0.39 is 29.6 Å². The lowest BCUT2D eigenvalue weighted by atomic mass is 10.1. The maximum absolute atomic E-state index is 13.5. The Balaban J connectivity index is 1.65. The number of benzene rings is 3. The number of amides is 4. The van der Waals surface area contributed by atoms with Crippen LogP contribution in [0.5, 0.6) is 0 Å². The second-order valence-electron chi connectivity index (χ2n) is 8.44. The molecule has 35 heavy (non-hydrogen) atoms. The average molecular weight is 474 g/mol. The molecule has 1 N–H and O–H groups in total. The van der Waals surface area contributed by atoms with Crippen LogP contribution >= 0.6 is 0 Å². The van der Waals surface area contributed by atoms with Gasteiger partial charge < -0.3 is 10.2 Å². The molecule has 0 bridgehead atoms. The highest BCUT2D eigenvalue weighted by Gasteiger charge is 2.44. The van der Waals surface area contributed by atoms with Crippen LogP contribution in [0.4, 0.5) is 15.8 Å². The number of rotatable bonds is 6. The lowest BCUT2D eigenvalue weighted by molar-refractivity contribution is -0.122. The molecule has 8 heteroatoms. The molecule has 1 unspecified atom stereocenters. The molecule has 4 rings (SSSR count). The van der Waals surface area contributed by atoms with E-state index in [4.69, 9.17) is 0 Å². The standard InChI is InChI=1S/C27H24FN3O4/c1-17-4-3-5-20(14-17)26(34)30(16-19-6-8-21(28)9-7-19)24-15-25(33)31(27(24)35)23-12-10-22(11-13-23)29-18(2)32/h3-14,24H,15-16H2,1-2H3,(H,29,32). The molecule has 1 aliphatic rings. The molecule has 7 nitrogen and oxygen atoms in total. The van der Waals surface area contributed by atoms with E-state index >= 15 is 0 Å². The molecular formula is C27H24FN3O4. The third-order valence-electron chi connectivity index (χ3n) is 5.74. The van der Waals surface area contributed by atoms with Crippen molar-refractivity contribution in [3.05, 3.63) is 95.3 Å². The Morgan fingerprint density at radius 3 is 2.34 bits per heavy atom. The highest BCUT2D eigenvalue weighted by atomic mass is 19.1. The molecule has 1 fully saturated rings. The van der Waals surface area contributed by atoms with E-state index in [1.807, 2.05) is 13.0 Å². The molecule has 0 aliphatic carbocycles. The number of nitrogens with one attached hydrogen (secondary N) is 1. The Bertz CT molecular complexity index is 1290. The summed E-state index contributed by atoms with van der Waals surface area (Å²) < 4.78 is 13.4. The van der Waals surface area contributed by atoms with Gasteiger partial charge in [0.2, 0.25) is 11.8 Å². The largest absolute Gasteiger partial charge is 0.326 e. The third-order valence-corrected chi connectivity index (χ3v) is 5.74. The van der Waals surface area contributed by atoms with Crippen LogP contribution in [0, 0.1) is 12.7 Å². The van der Waals surface area contributed by atoms with Crippen molar-refractivity contribution in [2.24, 2.45) is 0 Å². The zero-order valence-corrected chi connectivity index (χ0v) is 19.3. The molecule has 1 aliphatic heterocycles. The molecule has 3 aromatic rings. The minimum atomic E-state index is -1.02. The smallest absolute Gasteiger partial charge is 0.257 e. The molecule has 178 valence electrons. The Kier molecular flexibility index (Phi) is 6.73. The number of halogens is 1. The van der Waals surface area contributed by atoms with Gasteiger partial charge in [-0.25, -0.2) is 9.29 Å². The first-order valence-corrected chi connectivity index (χ1v) is 11.1. The molecule has 3 aromatic carbocycles. The van der Waals surface area contributed by atoms with E-state index in [1.54, 1.807) is 54.6 Å². The zero-order chi connectivity index (χ0) is 25.1. The SMILES string of the molecule is CC(=O)Nc1ccc(N2C(=O)CC(N(Cc3ccc(F)cc3)C(=O)c3cccc(C)c3)C2=O)cc1. The molecule has 0 radical (unpaired) electrons. The van der Waals surface area contributed by atoms with Crippen molar-refractivity contribution in [1.29, 1.82) is 0 Å². The van der Waals surface area contributed by atoms with Gasteiger partial charge in [0, 0.05) is 24.7 Å². The molecule has 4 amide bonds. The van der Waals surface area contributed by atoms with Gasteiger partial charge in [-0.2, -0.15) is 0 Å². The molecule has 0 saturated carbocycles. The van der Waals surface area contributed by atoms with E-state index in [0.717, 1.165) is 10.5 Å². The summed E-state index contributed by atoms with van der Waals surface area (Å²) >= 11 is 0. The maximum Gasteiger partial charge on any atom is 0.257 e. The predicted molar refractivity (Wildman–Crippen MR) is 129 cm³/mol. The van der Waals surface area contributed by atoms with Crippen molar-refractivity contribution >= 4 is 35.0 Å². The molecule has 0 aromatic heterocycles. The normalized spacial score (nSPS) is 15.3. The number of carbonyl (C=O) groups excluding carboxylic acids is 4. The zero-order valence-electron chi connectivity index (χ0n) is 19.3. The summed E-state index contributed by atoms with van der Waals surface area (Å²) in [7, 11) is 0. The van der Waals surface area contributed by atoms with Crippen molar-refractivity contribution in [2.45, 2.75) is 32.9 Å². The van der Waals surface area contributed by atoms with E-state index in [0.29, 0.717) is 22.5 Å². The minimum Gasteiger partial charge on any atom is -0.326 e. The van der Waals surface area contributed by atoms with E-state index in [9.17, 15) is 23.6 Å². The van der Waals surface area contributed by atoms with Crippen LogP contribution in [0.15, 0.2) is 72.8 Å². The predicted octanol–water partition coefficient (Wildman–Crippen LogP) is 4.07. The van der Waals surface area contributed by atoms with Crippen molar-refractivity contribution in [3.63, 3.8) is 0 Å². The fourth-order valence-corrected chi connectivity index (χ4v) is 4.08. The fourth-order valence-electron chi connectivity index (χ4n) is 4.08. The second-order valence-corrected chi connectivity index (χ2v) is 8.44. The van der Waals surface area contributed by atoms with Gasteiger partial charge in [-0.1, -0.05) is 29.8 Å². The fraction of sp³-hybridized carbons (Fsp3) is 0.185. The summed E-state index contributed by atoms with van der Waals surface area (Å²) in [4.78, 5) is 53.6.